The third-order valence-corrected chi connectivity index (χ3v) is 8.46. The fraction of sp³-hybridized carbons (Fsp3) is 0.351. The summed E-state index contributed by atoms with van der Waals surface area (Å²) >= 11 is 5.92. The Balaban J connectivity index is 1.49. The van der Waals surface area contributed by atoms with Crippen molar-refractivity contribution < 1.29 is 39.0 Å². The van der Waals surface area contributed by atoms with Crippen LogP contribution in [0.3, 0.4) is 0 Å². The Bertz CT molecular complexity index is 1790. The number of fused-ring (bicyclic) bond motifs is 1. The molecule has 1 aliphatic rings. The fourth-order valence-corrected chi connectivity index (χ4v) is 6.00. The zero-order valence-corrected chi connectivity index (χ0v) is 29.0. The van der Waals surface area contributed by atoms with Crippen LogP contribution in [0.15, 0.2) is 66.7 Å². The van der Waals surface area contributed by atoms with Crippen molar-refractivity contribution >= 4 is 52.9 Å². The van der Waals surface area contributed by atoms with Gasteiger partial charge < -0.3 is 31.1 Å². The summed E-state index contributed by atoms with van der Waals surface area (Å²) < 4.78 is 0. The molecule has 0 aromatic heterocycles. The van der Waals surface area contributed by atoms with Crippen LogP contribution in [0, 0.1) is 5.41 Å². The summed E-state index contributed by atoms with van der Waals surface area (Å²) in [7, 11) is 0. The lowest BCUT2D eigenvalue weighted by Crippen LogP contribution is -2.47. The van der Waals surface area contributed by atoms with Gasteiger partial charge in [-0.25, -0.2) is 9.59 Å². The number of carboxylic acids is 2. The van der Waals surface area contributed by atoms with Crippen molar-refractivity contribution in [3.8, 4) is 0 Å². The third kappa shape index (κ3) is 10.1. The van der Waals surface area contributed by atoms with Crippen molar-refractivity contribution in [3.63, 3.8) is 0 Å². The number of hydrogen-bond donors (Lipinski definition) is 5. The number of carbonyl (C=O) groups excluding carboxylic acids is 4. The van der Waals surface area contributed by atoms with Crippen LogP contribution in [0.1, 0.15) is 68.0 Å². The van der Waals surface area contributed by atoms with E-state index in [0.717, 1.165) is 5.56 Å². The number of hydrogen-bond acceptors (Lipinski definition) is 6. The molecule has 50 heavy (non-hydrogen) atoms. The van der Waals surface area contributed by atoms with Crippen LogP contribution in [0.5, 0.6) is 0 Å². The zero-order chi connectivity index (χ0) is 36.7. The standard InChI is InChI=1S/C37H41ClN4O8/c1-21(43)42-20-25-16-27(39-31(44)15-22-9-11-26(38)12-10-22)13-14-28(25)33(42)34(46)41-30(36(49)50)18-24-8-6-5-7-23(24)17-29(35(47)48)40-32(45)19-37(2,3)4/h5-14,16,29-30,33H,15,17-20H2,1-4H3,(H,39,44)(H,40,45)(H,41,46)(H,47,48)(H,49,50). The Morgan fingerprint density at radius 3 is 1.96 bits per heavy atom. The van der Waals surface area contributed by atoms with Crippen molar-refractivity contribution in [1.29, 1.82) is 0 Å². The van der Waals surface area contributed by atoms with Gasteiger partial charge in [-0.15, -0.1) is 0 Å². The second kappa shape index (κ2) is 16.0. The lowest BCUT2D eigenvalue weighted by atomic mass is 9.91. The number of rotatable bonds is 13. The Labute approximate surface area is 295 Å². The van der Waals surface area contributed by atoms with Gasteiger partial charge in [-0.1, -0.05) is 74.8 Å². The summed E-state index contributed by atoms with van der Waals surface area (Å²) in [5.41, 5.74) is 2.98. The molecule has 5 N–H and O–H groups in total. The van der Waals surface area contributed by atoms with E-state index in [4.69, 9.17) is 11.6 Å². The summed E-state index contributed by atoms with van der Waals surface area (Å²) in [6, 6.07) is 14.7. The number of carbonyl (C=O) groups is 6. The number of amides is 4. The molecule has 1 heterocycles. The highest BCUT2D eigenvalue weighted by Gasteiger charge is 2.39. The smallest absolute Gasteiger partial charge is 0.326 e. The molecule has 0 saturated heterocycles. The van der Waals surface area contributed by atoms with Crippen LogP contribution in [0.25, 0.3) is 0 Å². The number of aliphatic carboxylic acids is 2. The topological polar surface area (TPSA) is 182 Å². The molecule has 1 aliphatic heterocycles. The van der Waals surface area contributed by atoms with E-state index in [9.17, 15) is 39.0 Å². The molecule has 12 nitrogen and oxygen atoms in total. The largest absolute Gasteiger partial charge is 0.480 e. The van der Waals surface area contributed by atoms with E-state index in [-0.39, 0.29) is 43.6 Å². The summed E-state index contributed by atoms with van der Waals surface area (Å²) in [6.45, 7) is 6.97. The maximum absolute atomic E-state index is 13.7. The SMILES string of the molecule is CC(=O)N1Cc2cc(NC(=O)Cc3ccc(Cl)cc3)ccc2C1C(=O)NC(Cc1ccccc1CC(NC(=O)CC(C)(C)C)C(=O)O)C(=O)O. The van der Waals surface area contributed by atoms with Crippen molar-refractivity contribution in [2.24, 2.45) is 5.41 Å². The predicted octanol–water partition coefficient (Wildman–Crippen LogP) is 4.28. The first-order valence-corrected chi connectivity index (χ1v) is 16.4. The van der Waals surface area contributed by atoms with Crippen LogP contribution in [0.4, 0.5) is 5.69 Å². The van der Waals surface area contributed by atoms with Gasteiger partial charge in [-0.2, -0.15) is 0 Å². The summed E-state index contributed by atoms with van der Waals surface area (Å²) in [6.07, 6.45) is -0.0547. The molecule has 0 radical (unpaired) electrons. The molecule has 0 aliphatic carbocycles. The average molecular weight is 705 g/mol. The highest BCUT2D eigenvalue weighted by atomic mass is 35.5. The van der Waals surface area contributed by atoms with Gasteiger partial charge in [0.2, 0.25) is 23.6 Å². The van der Waals surface area contributed by atoms with E-state index < -0.39 is 47.8 Å². The molecule has 0 spiro atoms. The Kier molecular flexibility index (Phi) is 12.0. The van der Waals surface area contributed by atoms with Crippen LogP contribution in [-0.4, -0.2) is 62.8 Å². The second-order valence-corrected chi connectivity index (χ2v) is 14.0. The van der Waals surface area contributed by atoms with E-state index in [2.05, 4.69) is 16.0 Å². The molecule has 4 amide bonds. The van der Waals surface area contributed by atoms with Crippen molar-refractivity contribution in [2.45, 2.75) is 78.0 Å². The average Bonchev–Trinajstić information content (AvgIpc) is 3.40. The van der Waals surface area contributed by atoms with Crippen molar-refractivity contribution in [2.75, 3.05) is 5.32 Å². The number of benzene rings is 3. The van der Waals surface area contributed by atoms with Gasteiger partial charge in [-0.05, 0) is 57.5 Å². The van der Waals surface area contributed by atoms with Gasteiger partial charge in [0, 0.05) is 43.4 Å². The summed E-state index contributed by atoms with van der Waals surface area (Å²) in [5, 5.41) is 28.5. The molecule has 0 saturated carbocycles. The first kappa shape index (κ1) is 37.6. The summed E-state index contributed by atoms with van der Waals surface area (Å²) in [4.78, 5) is 77.4. The molecule has 4 rings (SSSR count). The van der Waals surface area contributed by atoms with Crippen LogP contribution >= 0.6 is 11.6 Å². The van der Waals surface area contributed by atoms with E-state index in [1.807, 2.05) is 20.8 Å². The molecule has 264 valence electrons. The van der Waals surface area contributed by atoms with Gasteiger partial charge in [0.25, 0.3) is 0 Å². The van der Waals surface area contributed by atoms with Gasteiger partial charge in [0.1, 0.15) is 18.1 Å². The number of carboxylic acid groups (broad SMARTS) is 2. The maximum atomic E-state index is 13.7. The second-order valence-electron chi connectivity index (χ2n) is 13.6. The van der Waals surface area contributed by atoms with Crippen molar-refractivity contribution in [3.05, 3.63) is 99.6 Å². The van der Waals surface area contributed by atoms with Gasteiger partial charge in [0.05, 0.1) is 6.42 Å². The Morgan fingerprint density at radius 1 is 0.840 bits per heavy atom. The fourth-order valence-electron chi connectivity index (χ4n) is 5.87. The molecule has 13 heteroatoms. The van der Waals surface area contributed by atoms with Gasteiger partial charge >= 0.3 is 11.9 Å². The van der Waals surface area contributed by atoms with Crippen molar-refractivity contribution in [1.82, 2.24) is 15.5 Å². The molecule has 3 unspecified atom stereocenters. The Hall–Kier alpha value is -5.23. The minimum Gasteiger partial charge on any atom is -0.480 e. The molecular weight excluding hydrogens is 664 g/mol. The first-order chi connectivity index (χ1) is 23.5. The number of anilines is 1. The van der Waals surface area contributed by atoms with Gasteiger partial charge in [0.15, 0.2) is 0 Å². The van der Waals surface area contributed by atoms with Gasteiger partial charge in [-0.3, -0.25) is 19.2 Å². The molecule has 3 aromatic carbocycles. The first-order valence-electron chi connectivity index (χ1n) is 16.1. The minimum atomic E-state index is -1.42. The normalized spacial score (nSPS) is 15.0. The number of nitrogens with one attached hydrogen (secondary N) is 3. The lowest BCUT2D eigenvalue weighted by Gasteiger charge is -2.25. The van der Waals surface area contributed by atoms with E-state index in [1.54, 1.807) is 66.7 Å². The number of nitrogens with zero attached hydrogens (tertiary/aromatic N) is 1. The minimum absolute atomic E-state index is 0.0712. The van der Waals surface area contributed by atoms with Crippen LogP contribution in [0.2, 0.25) is 5.02 Å². The third-order valence-electron chi connectivity index (χ3n) is 8.21. The Morgan fingerprint density at radius 2 is 1.42 bits per heavy atom. The lowest BCUT2D eigenvalue weighted by molar-refractivity contribution is -0.144. The number of halogens is 1. The molecule has 0 fully saturated rings. The van der Waals surface area contributed by atoms with Crippen LogP contribution in [-0.2, 0) is 54.6 Å². The highest BCUT2D eigenvalue weighted by molar-refractivity contribution is 6.30. The maximum Gasteiger partial charge on any atom is 0.326 e. The zero-order valence-electron chi connectivity index (χ0n) is 28.3. The molecular formula is C37H41ClN4O8. The van der Waals surface area contributed by atoms with E-state index in [0.29, 0.717) is 33.0 Å². The quantitative estimate of drug-likeness (QED) is 0.175. The van der Waals surface area contributed by atoms with E-state index in [1.165, 1.54) is 11.8 Å². The van der Waals surface area contributed by atoms with E-state index >= 15 is 0 Å². The summed E-state index contributed by atoms with van der Waals surface area (Å²) in [5.74, 6) is -4.36. The molecule has 0 bridgehead atoms. The molecule has 3 atom stereocenters. The predicted molar refractivity (Wildman–Crippen MR) is 186 cm³/mol. The monoisotopic (exact) mass is 704 g/mol. The van der Waals surface area contributed by atoms with Crippen LogP contribution < -0.4 is 16.0 Å². The molecule has 3 aromatic rings. The highest BCUT2D eigenvalue weighted by Crippen LogP contribution is 2.36.